The van der Waals surface area contributed by atoms with Crippen LogP contribution >= 0.6 is 0 Å². The minimum absolute atomic E-state index is 0.269. The van der Waals surface area contributed by atoms with Crippen LogP contribution < -0.4 is 10.8 Å². The SMILES string of the molecule is [B]c1ccc(CNc2cc(C)ccc2O)cc1. The van der Waals surface area contributed by atoms with Crippen LogP contribution in [0, 0.1) is 6.92 Å². The first-order valence-corrected chi connectivity index (χ1v) is 5.53. The summed E-state index contributed by atoms with van der Waals surface area (Å²) in [7, 11) is 5.62. The van der Waals surface area contributed by atoms with E-state index in [-0.39, 0.29) is 5.75 Å². The summed E-state index contributed by atoms with van der Waals surface area (Å²) < 4.78 is 0. The molecule has 0 aliphatic carbocycles. The Labute approximate surface area is 103 Å². The highest BCUT2D eigenvalue weighted by molar-refractivity contribution is 6.32. The van der Waals surface area contributed by atoms with Gasteiger partial charge in [0.1, 0.15) is 13.6 Å². The zero-order valence-electron chi connectivity index (χ0n) is 9.77. The van der Waals surface area contributed by atoms with Gasteiger partial charge in [-0.25, -0.2) is 0 Å². The number of benzene rings is 2. The van der Waals surface area contributed by atoms with E-state index in [1.54, 1.807) is 6.07 Å². The van der Waals surface area contributed by atoms with Crippen LogP contribution in [0.25, 0.3) is 0 Å². The zero-order valence-corrected chi connectivity index (χ0v) is 9.77. The van der Waals surface area contributed by atoms with Crippen LogP contribution in [-0.4, -0.2) is 13.0 Å². The van der Waals surface area contributed by atoms with Crippen molar-refractivity contribution >= 4 is 19.0 Å². The predicted octanol–water partition coefficient (Wildman–Crippen LogP) is 2.11. The number of aromatic hydroxyl groups is 1. The molecule has 2 rings (SSSR count). The van der Waals surface area contributed by atoms with Gasteiger partial charge in [-0.1, -0.05) is 35.8 Å². The molecule has 0 bridgehead atoms. The van der Waals surface area contributed by atoms with Crippen LogP contribution in [0.4, 0.5) is 5.69 Å². The van der Waals surface area contributed by atoms with Crippen LogP contribution in [-0.2, 0) is 6.54 Å². The topological polar surface area (TPSA) is 32.3 Å². The molecule has 0 saturated heterocycles. The largest absolute Gasteiger partial charge is 0.506 e. The van der Waals surface area contributed by atoms with E-state index in [9.17, 15) is 5.11 Å². The summed E-state index contributed by atoms with van der Waals surface area (Å²) in [6.45, 7) is 2.66. The van der Waals surface area contributed by atoms with Crippen molar-refractivity contribution in [2.24, 2.45) is 0 Å². The van der Waals surface area contributed by atoms with E-state index in [4.69, 9.17) is 7.85 Å². The van der Waals surface area contributed by atoms with E-state index < -0.39 is 0 Å². The highest BCUT2D eigenvalue weighted by Gasteiger charge is 2.00. The predicted molar refractivity (Wildman–Crippen MR) is 72.0 cm³/mol. The number of nitrogens with one attached hydrogen (secondary N) is 1. The molecule has 3 heteroatoms. The van der Waals surface area contributed by atoms with E-state index in [1.165, 1.54) is 0 Å². The third kappa shape index (κ3) is 3.03. The smallest absolute Gasteiger partial charge is 0.138 e. The first-order valence-electron chi connectivity index (χ1n) is 5.53. The van der Waals surface area contributed by atoms with Crippen LogP contribution in [0.5, 0.6) is 5.75 Å². The van der Waals surface area contributed by atoms with Crippen molar-refractivity contribution in [1.82, 2.24) is 0 Å². The van der Waals surface area contributed by atoms with E-state index in [2.05, 4.69) is 5.32 Å². The Morgan fingerprint density at radius 3 is 2.53 bits per heavy atom. The van der Waals surface area contributed by atoms with E-state index >= 15 is 0 Å². The molecule has 0 aliphatic rings. The van der Waals surface area contributed by atoms with Crippen molar-refractivity contribution in [3.8, 4) is 5.75 Å². The fourth-order valence-electron chi connectivity index (χ4n) is 1.62. The van der Waals surface area contributed by atoms with Crippen molar-refractivity contribution in [3.63, 3.8) is 0 Å². The molecule has 0 saturated carbocycles. The molecule has 84 valence electrons. The molecule has 0 aliphatic heterocycles. The van der Waals surface area contributed by atoms with E-state index in [0.29, 0.717) is 6.54 Å². The van der Waals surface area contributed by atoms with Crippen molar-refractivity contribution < 1.29 is 5.11 Å². The van der Waals surface area contributed by atoms with Gasteiger partial charge in [0, 0.05) is 6.54 Å². The number of aryl methyl sites for hydroxylation is 1. The lowest BCUT2D eigenvalue weighted by Crippen LogP contribution is -2.04. The standard InChI is InChI=1S/C14H14BNO/c1-10-2-7-14(17)13(8-10)16-9-11-3-5-12(15)6-4-11/h2-8,16-17H,9H2,1H3. The van der Waals surface area contributed by atoms with Crippen molar-refractivity contribution in [1.29, 1.82) is 0 Å². The Hall–Kier alpha value is -1.90. The van der Waals surface area contributed by atoms with Crippen molar-refractivity contribution in [3.05, 3.63) is 53.6 Å². The lowest BCUT2D eigenvalue weighted by atomic mass is 9.95. The monoisotopic (exact) mass is 223 g/mol. The first-order chi connectivity index (χ1) is 8.15. The Bertz CT molecular complexity index is 508. The van der Waals surface area contributed by atoms with Gasteiger partial charge in [-0.2, -0.15) is 0 Å². The van der Waals surface area contributed by atoms with Gasteiger partial charge < -0.3 is 10.4 Å². The van der Waals surface area contributed by atoms with Crippen molar-refractivity contribution in [2.75, 3.05) is 5.32 Å². The molecule has 0 fully saturated rings. The molecular weight excluding hydrogens is 209 g/mol. The summed E-state index contributed by atoms with van der Waals surface area (Å²) >= 11 is 0. The van der Waals surface area contributed by atoms with Crippen molar-refractivity contribution in [2.45, 2.75) is 13.5 Å². The summed E-state index contributed by atoms with van der Waals surface area (Å²) in [6, 6.07) is 13.2. The summed E-state index contributed by atoms with van der Waals surface area (Å²) in [5, 5.41) is 12.9. The maximum Gasteiger partial charge on any atom is 0.138 e. The Kier molecular flexibility index (Phi) is 3.38. The molecule has 2 N–H and O–H groups in total. The van der Waals surface area contributed by atoms with Gasteiger partial charge in [-0.15, -0.1) is 0 Å². The summed E-state index contributed by atoms with van der Waals surface area (Å²) in [5.41, 5.74) is 3.75. The van der Waals surface area contributed by atoms with Gasteiger partial charge in [-0.05, 0) is 30.2 Å². The third-order valence-electron chi connectivity index (χ3n) is 2.61. The molecule has 0 unspecified atom stereocenters. The first kappa shape index (κ1) is 11.6. The molecule has 2 aromatic carbocycles. The maximum absolute atomic E-state index is 9.67. The Morgan fingerprint density at radius 1 is 1.12 bits per heavy atom. The van der Waals surface area contributed by atoms with Gasteiger partial charge in [0.05, 0.1) is 5.69 Å². The van der Waals surface area contributed by atoms with Crippen LogP contribution in [0.3, 0.4) is 0 Å². The van der Waals surface area contributed by atoms with Gasteiger partial charge >= 0.3 is 0 Å². The number of phenolic OH excluding ortho intramolecular Hbond substituents is 1. The number of hydrogen-bond acceptors (Lipinski definition) is 2. The molecule has 2 aromatic rings. The average Bonchev–Trinajstić information content (AvgIpc) is 2.32. The molecule has 2 radical (unpaired) electrons. The average molecular weight is 223 g/mol. The molecule has 0 aromatic heterocycles. The summed E-state index contributed by atoms with van der Waals surface area (Å²) in [4.78, 5) is 0. The molecule has 2 nitrogen and oxygen atoms in total. The van der Waals surface area contributed by atoms with Gasteiger partial charge in [0.2, 0.25) is 0 Å². The quantitative estimate of drug-likeness (QED) is 0.616. The van der Waals surface area contributed by atoms with Crippen LogP contribution in [0.2, 0.25) is 0 Å². The fraction of sp³-hybridized carbons (Fsp3) is 0.143. The van der Waals surface area contributed by atoms with Crippen LogP contribution in [0.1, 0.15) is 11.1 Å². The lowest BCUT2D eigenvalue weighted by molar-refractivity contribution is 0.477. The molecule has 0 atom stereocenters. The number of phenols is 1. The van der Waals surface area contributed by atoms with E-state index in [1.807, 2.05) is 43.3 Å². The second-order valence-corrected chi connectivity index (χ2v) is 4.12. The number of hydrogen-bond donors (Lipinski definition) is 2. The maximum atomic E-state index is 9.67. The van der Waals surface area contributed by atoms with Gasteiger partial charge in [0.25, 0.3) is 0 Å². The Morgan fingerprint density at radius 2 is 1.82 bits per heavy atom. The molecule has 0 amide bonds. The second-order valence-electron chi connectivity index (χ2n) is 4.12. The van der Waals surface area contributed by atoms with Gasteiger partial charge in [-0.3, -0.25) is 0 Å². The third-order valence-corrected chi connectivity index (χ3v) is 2.61. The lowest BCUT2D eigenvalue weighted by Gasteiger charge is -2.09. The zero-order chi connectivity index (χ0) is 12.3. The Balaban J connectivity index is 2.07. The van der Waals surface area contributed by atoms with Gasteiger partial charge in [0.15, 0.2) is 0 Å². The second kappa shape index (κ2) is 4.96. The molecular formula is C14H14BNO. The highest BCUT2D eigenvalue weighted by Crippen LogP contribution is 2.24. The molecule has 0 spiro atoms. The minimum Gasteiger partial charge on any atom is -0.506 e. The number of anilines is 1. The normalized spacial score (nSPS) is 10.2. The number of rotatable bonds is 3. The minimum atomic E-state index is 0.269. The van der Waals surface area contributed by atoms with Crippen LogP contribution in [0.15, 0.2) is 42.5 Å². The molecule has 17 heavy (non-hydrogen) atoms. The highest BCUT2D eigenvalue weighted by atomic mass is 16.3. The molecule has 0 heterocycles. The van der Waals surface area contributed by atoms with E-state index in [0.717, 1.165) is 22.3 Å². The summed E-state index contributed by atoms with van der Waals surface area (Å²) in [6.07, 6.45) is 0. The summed E-state index contributed by atoms with van der Waals surface area (Å²) in [5.74, 6) is 0.269. The fourth-order valence-corrected chi connectivity index (χ4v) is 1.62.